The van der Waals surface area contributed by atoms with Crippen LogP contribution in [0.4, 0.5) is 0 Å². The lowest BCUT2D eigenvalue weighted by atomic mass is 10.1. The zero-order valence-corrected chi connectivity index (χ0v) is 12.2. The summed E-state index contributed by atoms with van der Waals surface area (Å²) in [7, 11) is 0. The smallest absolute Gasteiger partial charge is 0.0984 e. The number of hydrogen-bond acceptors (Lipinski definition) is 1. The maximum absolute atomic E-state index is 5.22. The highest BCUT2D eigenvalue weighted by atomic mass is 32.1. The minimum absolute atomic E-state index is 0.634. The van der Waals surface area contributed by atoms with Crippen LogP contribution >= 0.6 is 12.2 Å². The van der Waals surface area contributed by atoms with E-state index in [1.165, 1.54) is 12.0 Å². The first-order chi connectivity index (χ1) is 8.68. The summed E-state index contributed by atoms with van der Waals surface area (Å²) in [5, 5.41) is 3.24. The normalized spacial score (nSPS) is 11.1. The van der Waals surface area contributed by atoms with E-state index in [0.29, 0.717) is 5.92 Å². The van der Waals surface area contributed by atoms with Gasteiger partial charge in [-0.25, -0.2) is 0 Å². The summed E-state index contributed by atoms with van der Waals surface area (Å²) in [4.78, 5) is 0.850. The minimum Gasteiger partial charge on any atom is -0.376 e. The predicted molar refractivity (Wildman–Crippen MR) is 84.0 cm³/mol. The Labute approximate surface area is 116 Å². The fourth-order valence-electron chi connectivity index (χ4n) is 1.62. The molecule has 1 aromatic rings. The summed E-state index contributed by atoms with van der Waals surface area (Å²) >= 11 is 5.22. The summed E-state index contributed by atoms with van der Waals surface area (Å²) in [5.41, 5.74) is 1.41. The molecule has 98 valence electrons. The highest BCUT2D eigenvalue weighted by Crippen LogP contribution is 2.04. The van der Waals surface area contributed by atoms with Gasteiger partial charge < -0.3 is 5.32 Å². The molecule has 0 saturated heterocycles. The quantitative estimate of drug-likeness (QED) is 0.450. The fourth-order valence-corrected chi connectivity index (χ4v) is 1.80. The van der Waals surface area contributed by atoms with Gasteiger partial charge in [0.05, 0.1) is 4.99 Å². The third kappa shape index (κ3) is 7.23. The molecule has 1 aromatic carbocycles. The SMILES string of the molecule is CC(C)CNC(=S)/C=C/CCCc1ccccc1. The van der Waals surface area contributed by atoms with E-state index < -0.39 is 0 Å². The third-order valence-electron chi connectivity index (χ3n) is 2.63. The Hall–Kier alpha value is -1.15. The van der Waals surface area contributed by atoms with Gasteiger partial charge in [-0.1, -0.05) is 62.5 Å². The zero-order chi connectivity index (χ0) is 13.2. The van der Waals surface area contributed by atoms with Gasteiger partial charge in [-0.3, -0.25) is 0 Å². The summed E-state index contributed by atoms with van der Waals surface area (Å²) in [6.07, 6.45) is 7.57. The molecule has 0 spiro atoms. The molecular weight excluding hydrogens is 238 g/mol. The Morgan fingerprint density at radius 3 is 2.67 bits per heavy atom. The van der Waals surface area contributed by atoms with Crippen molar-refractivity contribution in [3.63, 3.8) is 0 Å². The number of thiocarbonyl (C=S) groups is 1. The van der Waals surface area contributed by atoms with E-state index in [1.54, 1.807) is 0 Å². The Morgan fingerprint density at radius 1 is 1.28 bits per heavy atom. The molecule has 0 radical (unpaired) electrons. The molecule has 0 aromatic heterocycles. The molecule has 18 heavy (non-hydrogen) atoms. The van der Waals surface area contributed by atoms with Gasteiger partial charge in [-0.05, 0) is 36.8 Å². The lowest BCUT2D eigenvalue weighted by Crippen LogP contribution is -2.23. The molecule has 0 aliphatic rings. The monoisotopic (exact) mass is 261 g/mol. The molecule has 0 aliphatic carbocycles. The van der Waals surface area contributed by atoms with Crippen LogP contribution in [0, 0.1) is 5.92 Å². The molecule has 0 bridgehead atoms. The van der Waals surface area contributed by atoms with Crippen LogP contribution in [0.2, 0.25) is 0 Å². The maximum atomic E-state index is 5.22. The van der Waals surface area contributed by atoms with Gasteiger partial charge in [0.2, 0.25) is 0 Å². The van der Waals surface area contributed by atoms with Gasteiger partial charge in [0.15, 0.2) is 0 Å². The Kier molecular flexibility index (Phi) is 7.35. The van der Waals surface area contributed by atoms with Crippen molar-refractivity contribution >= 4 is 17.2 Å². The number of nitrogens with one attached hydrogen (secondary N) is 1. The van der Waals surface area contributed by atoms with E-state index in [4.69, 9.17) is 12.2 Å². The van der Waals surface area contributed by atoms with Gasteiger partial charge in [-0.2, -0.15) is 0 Å². The summed E-state index contributed by atoms with van der Waals surface area (Å²) in [6, 6.07) is 10.6. The molecule has 0 saturated carbocycles. The lowest BCUT2D eigenvalue weighted by molar-refractivity contribution is 0.628. The summed E-state index contributed by atoms with van der Waals surface area (Å²) < 4.78 is 0. The van der Waals surface area contributed by atoms with Crippen molar-refractivity contribution in [1.82, 2.24) is 5.32 Å². The second kappa shape index (κ2) is 8.87. The van der Waals surface area contributed by atoms with Crippen molar-refractivity contribution < 1.29 is 0 Å². The molecule has 0 aliphatic heterocycles. The second-order valence-electron chi connectivity index (χ2n) is 4.92. The molecule has 1 N–H and O–H groups in total. The number of unbranched alkanes of at least 4 members (excludes halogenated alkanes) is 1. The van der Waals surface area contributed by atoms with Crippen molar-refractivity contribution in [2.75, 3.05) is 6.54 Å². The zero-order valence-electron chi connectivity index (χ0n) is 11.4. The summed E-state index contributed by atoms with van der Waals surface area (Å²) in [5.74, 6) is 0.634. The van der Waals surface area contributed by atoms with E-state index in [0.717, 1.165) is 24.4 Å². The maximum Gasteiger partial charge on any atom is 0.0984 e. The minimum atomic E-state index is 0.634. The Bertz CT molecular complexity index is 368. The van der Waals surface area contributed by atoms with E-state index in [9.17, 15) is 0 Å². The van der Waals surface area contributed by atoms with Crippen molar-refractivity contribution in [2.24, 2.45) is 5.92 Å². The highest BCUT2D eigenvalue weighted by molar-refractivity contribution is 7.80. The number of rotatable bonds is 7. The molecular formula is C16H23NS. The largest absolute Gasteiger partial charge is 0.376 e. The first-order valence-corrected chi connectivity index (χ1v) is 7.07. The predicted octanol–water partition coefficient (Wildman–Crippen LogP) is 4.14. The van der Waals surface area contributed by atoms with Crippen LogP contribution in [-0.4, -0.2) is 11.5 Å². The Morgan fingerprint density at radius 2 is 2.00 bits per heavy atom. The molecule has 0 atom stereocenters. The number of hydrogen-bond donors (Lipinski definition) is 1. The van der Waals surface area contributed by atoms with Crippen LogP contribution in [0.25, 0.3) is 0 Å². The average molecular weight is 261 g/mol. The lowest BCUT2D eigenvalue weighted by Gasteiger charge is -2.06. The third-order valence-corrected chi connectivity index (χ3v) is 2.91. The Balaban J connectivity index is 2.12. The second-order valence-corrected chi connectivity index (χ2v) is 5.36. The summed E-state index contributed by atoms with van der Waals surface area (Å²) in [6.45, 7) is 5.31. The van der Waals surface area contributed by atoms with Crippen molar-refractivity contribution in [2.45, 2.75) is 33.1 Å². The average Bonchev–Trinajstić information content (AvgIpc) is 2.37. The first kappa shape index (κ1) is 14.9. The number of aryl methyl sites for hydroxylation is 1. The highest BCUT2D eigenvalue weighted by Gasteiger charge is 1.94. The molecule has 2 heteroatoms. The van der Waals surface area contributed by atoms with Gasteiger partial charge >= 0.3 is 0 Å². The van der Waals surface area contributed by atoms with Crippen LogP contribution in [0.5, 0.6) is 0 Å². The van der Waals surface area contributed by atoms with E-state index in [2.05, 4.69) is 55.6 Å². The number of benzene rings is 1. The van der Waals surface area contributed by atoms with Crippen LogP contribution in [-0.2, 0) is 6.42 Å². The fraction of sp³-hybridized carbons (Fsp3) is 0.438. The van der Waals surface area contributed by atoms with E-state index >= 15 is 0 Å². The van der Waals surface area contributed by atoms with Gasteiger partial charge in [0.25, 0.3) is 0 Å². The van der Waals surface area contributed by atoms with Crippen LogP contribution < -0.4 is 5.32 Å². The van der Waals surface area contributed by atoms with Gasteiger partial charge in [-0.15, -0.1) is 0 Å². The molecule has 1 rings (SSSR count). The topological polar surface area (TPSA) is 12.0 Å². The van der Waals surface area contributed by atoms with Crippen LogP contribution in [0.15, 0.2) is 42.5 Å². The number of allylic oxidation sites excluding steroid dienone is 1. The molecule has 0 fully saturated rings. The van der Waals surface area contributed by atoms with Gasteiger partial charge in [0, 0.05) is 6.54 Å². The molecule has 0 unspecified atom stereocenters. The van der Waals surface area contributed by atoms with Crippen molar-refractivity contribution in [3.8, 4) is 0 Å². The van der Waals surface area contributed by atoms with E-state index in [-0.39, 0.29) is 0 Å². The molecule has 0 amide bonds. The van der Waals surface area contributed by atoms with Crippen LogP contribution in [0.3, 0.4) is 0 Å². The molecule has 0 heterocycles. The van der Waals surface area contributed by atoms with Crippen molar-refractivity contribution in [3.05, 3.63) is 48.0 Å². The van der Waals surface area contributed by atoms with Crippen LogP contribution in [0.1, 0.15) is 32.3 Å². The van der Waals surface area contributed by atoms with Gasteiger partial charge in [0.1, 0.15) is 0 Å². The van der Waals surface area contributed by atoms with Crippen molar-refractivity contribution in [1.29, 1.82) is 0 Å². The first-order valence-electron chi connectivity index (χ1n) is 6.67. The van der Waals surface area contributed by atoms with E-state index in [1.807, 2.05) is 6.08 Å². The molecule has 1 nitrogen and oxygen atoms in total. The standard InChI is InChI=1S/C16H23NS/c1-14(2)13-17-16(18)12-8-4-7-11-15-9-5-3-6-10-15/h3,5-6,8-10,12,14H,4,7,11,13H2,1-2H3,(H,17,18)/b12-8+.